The number of hydrogen-bond donors (Lipinski definition) is 0. The highest BCUT2D eigenvalue weighted by Crippen LogP contribution is 2.36. The Morgan fingerprint density at radius 2 is 1.92 bits per heavy atom. The highest BCUT2D eigenvalue weighted by atomic mass is 35.5. The third-order valence-corrected chi connectivity index (χ3v) is 4.67. The molecule has 2 aromatic rings. The number of nitro groups is 1. The van der Waals surface area contributed by atoms with Crippen molar-refractivity contribution in [3.8, 4) is 11.5 Å². The molecule has 0 saturated carbocycles. The SMILES string of the molecule is COc1cc(N2CCC(Oc3ccccc3Cl)CC2)c([N+](=O)[O-])cc1F. The average molecular weight is 381 g/mol. The number of piperidine rings is 1. The fourth-order valence-corrected chi connectivity index (χ4v) is 3.20. The number of rotatable bonds is 5. The fourth-order valence-electron chi connectivity index (χ4n) is 3.02. The molecule has 0 N–H and O–H groups in total. The Balaban J connectivity index is 1.73. The molecule has 1 heterocycles. The Kier molecular flexibility index (Phi) is 5.46. The van der Waals surface area contributed by atoms with Crippen molar-refractivity contribution < 1.29 is 18.8 Å². The Hall–Kier alpha value is -2.54. The van der Waals surface area contributed by atoms with Gasteiger partial charge in [-0.15, -0.1) is 0 Å². The molecule has 0 atom stereocenters. The summed E-state index contributed by atoms with van der Waals surface area (Å²) in [6.45, 7) is 1.09. The van der Waals surface area contributed by atoms with Crippen molar-refractivity contribution in [3.63, 3.8) is 0 Å². The van der Waals surface area contributed by atoms with Gasteiger partial charge in [0.05, 0.1) is 23.1 Å². The van der Waals surface area contributed by atoms with E-state index in [9.17, 15) is 14.5 Å². The summed E-state index contributed by atoms with van der Waals surface area (Å²) in [5.41, 5.74) is 0.0817. The van der Waals surface area contributed by atoms with Crippen molar-refractivity contribution in [2.75, 3.05) is 25.1 Å². The summed E-state index contributed by atoms with van der Waals surface area (Å²) in [5.74, 6) is -0.137. The van der Waals surface area contributed by atoms with Crippen LogP contribution in [0.4, 0.5) is 15.8 Å². The van der Waals surface area contributed by atoms with Crippen molar-refractivity contribution in [1.82, 2.24) is 0 Å². The van der Waals surface area contributed by atoms with E-state index in [4.69, 9.17) is 21.1 Å². The van der Waals surface area contributed by atoms with Crippen LogP contribution in [0, 0.1) is 15.9 Å². The van der Waals surface area contributed by atoms with Crippen LogP contribution in [0.25, 0.3) is 0 Å². The third kappa shape index (κ3) is 3.83. The highest BCUT2D eigenvalue weighted by molar-refractivity contribution is 6.32. The van der Waals surface area contributed by atoms with E-state index in [0.29, 0.717) is 42.4 Å². The van der Waals surface area contributed by atoms with E-state index < -0.39 is 10.7 Å². The number of hydrogen-bond acceptors (Lipinski definition) is 5. The first kappa shape index (κ1) is 18.3. The van der Waals surface area contributed by atoms with Gasteiger partial charge in [0.25, 0.3) is 5.69 Å². The lowest BCUT2D eigenvalue weighted by Gasteiger charge is -2.33. The van der Waals surface area contributed by atoms with Crippen molar-refractivity contribution in [1.29, 1.82) is 0 Å². The lowest BCUT2D eigenvalue weighted by Crippen LogP contribution is -2.38. The molecule has 1 aliphatic heterocycles. The zero-order valence-electron chi connectivity index (χ0n) is 14.2. The van der Waals surface area contributed by atoms with Crippen LogP contribution in [-0.2, 0) is 0 Å². The van der Waals surface area contributed by atoms with E-state index in [1.165, 1.54) is 13.2 Å². The average Bonchev–Trinajstić information content (AvgIpc) is 2.64. The molecule has 0 spiro atoms. The van der Waals surface area contributed by atoms with Crippen LogP contribution in [0.3, 0.4) is 0 Å². The molecular formula is C18H18ClFN2O4. The number of halogens is 2. The van der Waals surface area contributed by atoms with E-state index in [-0.39, 0.29) is 17.5 Å². The van der Waals surface area contributed by atoms with Gasteiger partial charge in [0.1, 0.15) is 17.5 Å². The third-order valence-electron chi connectivity index (χ3n) is 4.36. The minimum atomic E-state index is -0.750. The predicted molar refractivity (Wildman–Crippen MR) is 96.9 cm³/mol. The van der Waals surface area contributed by atoms with Crippen molar-refractivity contribution in [2.24, 2.45) is 0 Å². The van der Waals surface area contributed by atoms with Gasteiger partial charge in [0.15, 0.2) is 11.6 Å². The Bertz CT molecular complexity index is 810. The maximum atomic E-state index is 13.8. The maximum Gasteiger partial charge on any atom is 0.295 e. The van der Waals surface area contributed by atoms with Crippen LogP contribution in [0.15, 0.2) is 36.4 Å². The first-order valence-corrected chi connectivity index (χ1v) is 8.55. The van der Waals surface area contributed by atoms with Crippen LogP contribution in [0.1, 0.15) is 12.8 Å². The second-order valence-corrected chi connectivity index (χ2v) is 6.37. The summed E-state index contributed by atoms with van der Waals surface area (Å²) in [7, 11) is 1.33. The van der Waals surface area contributed by atoms with Gasteiger partial charge < -0.3 is 14.4 Å². The lowest BCUT2D eigenvalue weighted by atomic mass is 10.1. The number of nitro benzene ring substituents is 1. The van der Waals surface area contributed by atoms with Gasteiger partial charge in [0.2, 0.25) is 0 Å². The smallest absolute Gasteiger partial charge is 0.295 e. The van der Waals surface area contributed by atoms with Crippen LogP contribution in [0.5, 0.6) is 11.5 Å². The summed E-state index contributed by atoms with van der Waals surface area (Å²) in [6.07, 6.45) is 1.30. The summed E-state index contributed by atoms with van der Waals surface area (Å²) >= 11 is 6.11. The van der Waals surface area contributed by atoms with Gasteiger partial charge in [-0.25, -0.2) is 4.39 Å². The summed E-state index contributed by atoms with van der Waals surface area (Å²) in [4.78, 5) is 12.6. The molecule has 0 unspecified atom stereocenters. The van der Waals surface area contributed by atoms with Crippen LogP contribution in [-0.4, -0.2) is 31.2 Å². The van der Waals surface area contributed by atoms with Gasteiger partial charge in [-0.05, 0) is 12.1 Å². The molecule has 1 saturated heterocycles. The van der Waals surface area contributed by atoms with Gasteiger partial charge in [-0.1, -0.05) is 23.7 Å². The number of ether oxygens (including phenoxy) is 2. The monoisotopic (exact) mass is 380 g/mol. The summed E-state index contributed by atoms with van der Waals surface area (Å²) in [6, 6.07) is 9.54. The maximum absolute atomic E-state index is 13.8. The molecule has 0 amide bonds. The van der Waals surface area contributed by atoms with Gasteiger partial charge in [-0.2, -0.15) is 0 Å². The minimum Gasteiger partial charge on any atom is -0.494 e. The number of anilines is 1. The molecule has 8 heteroatoms. The van der Waals surface area contributed by atoms with Gasteiger partial charge >= 0.3 is 0 Å². The first-order chi connectivity index (χ1) is 12.5. The van der Waals surface area contributed by atoms with E-state index >= 15 is 0 Å². The topological polar surface area (TPSA) is 64.8 Å². The zero-order valence-corrected chi connectivity index (χ0v) is 14.9. The van der Waals surface area contributed by atoms with Crippen molar-refractivity contribution in [3.05, 3.63) is 57.4 Å². The normalized spacial score (nSPS) is 15.0. The highest BCUT2D eigenvalue weighted by Gasteiger charge is 2.28. The Labute approximate surface area is 155 Å². The zero-order chi connectivity index (χ0) is 18.7. The van der Waals surface area contributed by atoms with Crippen molar-refractivity contribution >= 4 is 23.0 Å². The fraction of sp³-hybridized carbons (Fsp3) is 0.333. The van der Waals surface area contributed by atoms with Crippen LogP contribution in [0.2, 0.25) is 5.02 Å². The largest absolute Gasteiger partial charge is 0.494 e. The molecule has 0 aromatic heterocycles. The molecule has 1 aliphatic rings. The van der Waals surface area contributed by atoms with E-state index in [1.54, 1.807) is 6.07 Å². The van der Waals surface area contributed by atoms with Crippen LogP contribution >= 0.6 is 11.6 Å². The van der Waals surface area contributed by atoms with E-state index in [0.717, 1.165) is 6.07 Å². The van der Waals surface area contributed by atoms with E-state index in [2.05, 4.69) is 0 Å². The Morgan fingerprint density at radius 3 is 2.54 bits per heavy atom. The quantitative estimate of drug-likeness (QED) is 0.566. The molecule has 6 nitrogen and oxygen atoms in total. The number of para-hydroxylation sites is 1. The molecule has 2 aromatic carbocycles. The standard InChI is InChI=1S/C18H18ClFN2O4/c1-25-18-11-15(16(22(23)24)10-14(18)20)21-8-6-12(7-9-21)26-17-5-3-2-4-13(17)19/h2-5,10-12H,6-9H2,1H3. The molecule has 26 heavy (non-hydrogen) atoms. The molecule has 3 rings (SSSR count). The summed E-state index contributed by atoms with van der Waals surface area (Å²) < 4.78 is 24.7. The molecule has 1 fully saturated rings. The molecule has 0 radical (unpaired) electrons. The second-order valence-electron chi connectivity index (χ2n) is 5.97. The lowest BCUT2D eigenvalue weighted by molar-refractivity contribution is -0.384. The van der Waals surface area contributed by atoms with Gasteiger partial charge in [0, 0.05) is 32.0 Å². The molecule has 138 valence electrons. The minimum absolute atomic E-state index is 0.0139. The number of nitrogens with zero attached hydrogens (tertiary/aromatic N) is 2. The molecule has 0 bridgehead atoms. The number of methoxy groups -OCH3 is 1. The number of benzene rings is 2. The molecule has 0 aliphatic carbocycles. The van der Waals surface area contributed by atoms with Gasteiger partial charge in [-0.3, -0.25) is 10.1 Å². The van der Waals surface area contributed by atoms with E-state index in [1.807, 2.05) is 23.1 Å². The first-order valence-electron chi connectivity index (χ1n) is 8.17. The molecular weight excluding hydrogens is 363 g/mol. The second kappa shape index (κ2) is 7.78. The van der Waals surface area contributed by atoms with Crippen LogP contribution < -0.4 is 14.4 Å². The van der Waals surface area contributed by atoms with Crippen molar-refractivity contribution in [2.45, 2.75) is 18.9 Å². The predicted octanol–water partition coefficient (Wildman–Crippen LogP) is 4.44. The Morgan fingerprint density at radius 1 is 1.23 bits per heavy atom. The summed E-state index contributed by atoms with van der Waals surface area (Å²) in [5, 5.41) is 11.8.